The van der Waals surface area contributed by atoms with Gasteiger partial charge in [-0.1, -0.05) is 53.8 Å². The third kappa shape index (κ3) is 5.52. The second kappa shape index (κ2) is 12.3. The number of nitro benzene ring substituents is 1. The van der Waals surface area contributed by atoms with Crippen LogP contribution in [0.25, 0.3) is 11.8 Å². The lowest BCUT2D eigenvalue weighted by molar-refractivity contribution is -0.385. The van der Waals surface area contributed by atoms with Crippen molar-refractivity contribution in [3.63, 3.8) is 0 Å². The zero-order valence-corrected chi connectivity index (χ0v) is 24.5. The van der Waals surface area contributed by atoms with Crippen LogP contribution in [0.1, 0.15) is 29.7 Å². The summed E-state index contributed by atoms with van der Waals surface area (Å²) in [6, 6.07) is 17.8. The van der Waals surface area contributed by atoms with Crippen LogP contribution in [0.3, 0.4) is 0 Å². The van der Waals surface area contributed by atoms with Gasteiger partial charge in [-0.15, -0.1) is 0 Å². The van der Waals surface area contributed by atoms with Crippen molar-refractivity contribution in [1.82, 2.24) is 4.57 Å². The van der Waals surface area contributed by atoms with Crippen LogP contribution in [0.2, 0.25) is 0 Å². The summed E-state index contributed by atoms with van der Waals surface area (Å²) in [5.41, 5.74) is 1.54. The minimum absolute atomic E-state index is 0.101. The van der Waals surface area contributed by atoms with Crippen LogP contribution < -0.4 is 29.1 Å². The summed E-state index contributed by atoms with van der Waals surface area (Å²) in [7, 11) is 4.36. The summed E-state index contributed by atoms with van der Waals surface area (Å²) >= 11 is 1.11. The Balaban J connectivity index is 1.82. The maximum absolute atomic E-state index is 14.1. The molecule has 3 aromatic carbocycles. The molecule has 2 heterocycles. The molecule has 1 atom stereocenters. The second-order valence-electron chi connectivity index (χ2n) is 9.23. The molecular formula is C31H27N3O8S. The number of methoxy groups -OCH3 is 3. The van der Waals surface area contributed by atoms with Crippen LogP contribution in [0.4, 0.5) is 5.69 Å². The molecule has 12 heteroatoms. The van der Waals surface area contributed by atoms with E-state index in [1.807, 2.05) is 30.3 Å². The maximum atomic E-state index is 14.1. The van der Waals surface area contributed by atoms with Gasteiger partial charge in [0.25, 0.3) is 5.56 Å². The van der Waals surface area contributed by atoms with Crippen LogP contribution in [0.5, 0.6) is 17.2 Å². The van der Waals surface area contributed by atoms with Gasteiger partial charge in [-0.25, -0.2) is 9.79 Å². The predicted molar refractivity (Wildman–Crippen MR) is 160 cm³/mol. The molecule has 1 aliphatic heterocycles. The fourth-order valence-corrected chi connectivity index (χ4v) is 5.87. The van der Waals surface area contributed by atoms with E-state index >= 15 is 0 Å². The van der Waals surface area contributed by atoms with Gasteiger partial charge in [-0.05, 0) is 42.3 Å². The van der Waals surface area contributed by atoms with Crippen molar-refractivity contribution >= 4 is 34.8 Å². The normalized spacial score (nSPS) is 14.5. The molecule has 5 rings (SSSR count). The molecule has 0 bridgehead atoms. The number of thiazole rings is 1. The Morgan fingerprint density at radius 1 is 1.00 bits per heavy atom. The van der Waals surface area contributed by atoms with Crippen molar-refractivity contribution < 1.29 is 28.7 Å². The highest BCUT2D eigenvalue weighted by atomic mass is 32.1. The number of nitrogens with zero attached hydrogens (tertiary/aromatic N) is 3. The van der Waals surface area contributed by atoms with E-state index in [0.29, 0.717) is 38.7 Å². The van der Waals surface area contributed by atoms with Crippen LogP contribution in [-0.2, 0) is 9.53 Å². The van der Waals surface area contributed by atoms with Gasteiger partial charge < -0.3 is 18.9 Å². The molecule has 0 saturated carbocycles. The standard InChI is InChI=1S/C31H27N3O8S/c1-5-42-30(36)26-27(19-9-7-6-8-10-19)32-31-33(28(26)20-12-14-23(40-3)24(17-20)41-4)29(35)25(43-31)16-18-11-13-22(39-2)21(15-18)34(37)38/h6-17,28H,5H2,1-4H3/b25-16-/t28-/m0/s1. The monoisotopic (exact) mass is 601 g/mol. The molecule has 0 radical (unpaired) electrons. The van der Waals surface area contributed by atoms with Crippen LogP contribution in [0, 0.1) is 10.1 Å². The Labute approximate surface area is 249 Å². The SMILES string of the molecule is CCOC(=O)C1=C(c2ccccc2)N=c2s/c(=C\c3ccc(OC)c([N+](=O)[O-])c3)c(=O)n2[C@H]1c1ccc(OC)c(OC)c1. The Morgan fingerprint density at radius 3 is 2.35 bits per heavy atom. The molecular weight excluding hydrogens is 574 g/mol. The first kappa shape index (κ1) is 29.3. The number of esters is 1. The third-order valence-corrected chi connectivity index (χ3v) is 7.78. The number of aromatic nitrogens is 1. The number of rotatable bonds is 9. The second-order valence-corrected chi connectivity index (χ2v) is 10.2. The van der Waals surface area contributed by atoms with E-state index in [0.717, 1.165) is 11.3 Å². The summed E-state index contributed by atoms with van der Waals surface area (Å²) < 4.78 is 23.3. The number of carbonyl (C=O) groups excluding carboxylic acids is 1. The first-order chi connectivity index (χ1) is 20.8. The largest absolute Gasteiger partial charge is 0.493 e. The Bertz CT molecular complexity index is 1930. The van der Waals surface area contributed by atoms with Crippen molar-refractivity contribution in [3.05, 3.63) is 119 Å². The van der Waals surface area contributed by atoms with Gasteiger partial charge in [0.1, 0.15) is 0 Å². The Hall–Kier alpha value is -5.23. The lowest BCUT2D eigenvalue weighted by atomic mass is 9.93. The van der Waals surface area contributed by atoms with Gasteiger partial charge in [0.05, 0.1) is 54.7 Å². The molecule has 11 nitrogen and oxygen atoms in total. The molecule has 1 aromatic heterocycles. The van der Waals surface area contributed by atoms with Gasteiger partial charge in [0.15, 0.2) is 22.0 Å². The highest BCUT2D eigenvalue weighted by Crippen LogP contribution is 2.38. The molecule has 0 N–H and O–H groups in total. The molecule has 4 aromatic rings. The highest BCUT2D eigenvalue weighted by Gasteiger charge is 2.35. The quantitative estimate of drug-likeness (QED) is 0.161. The van der Waals surface area contributed by atoms with Gasteiger partial charge in [0, 0.05) is 11.6 Å². The number of fused-ring (bicyclic) bond motifs is 1. The van der Waals surface area contributed by atoms with Crippen LogP contribution in [-0.4, -0.2) is 43.4 Å². The number of benzene rings is 3. The van der Waals surface area contributed by atoms with E-state index in [1.54, 1.807) is 37.3 Å². The van der Waals surface area contributed by atoms with Crippen molar-refractivity contribution in [1.29, 1.82) is 0 Å². The summed E-state index contributed by atoms with van der Waals surface area (Å²) in [6.45, 7) is 1.82. The zero-order valence-electron chi connectivity index (χ0n) is 23.7. The molecule has 0 fully saturated rings. The van der Waals surface area contributed by atoms with Gasteiger partial charge in [-0.3, -0.25) is 19.5 Å². The summed E-state index contributed by atoms with van der Waals surface area (Å²) in [5.74, 6) is 0.368. The van der Waals surface area contributed by atoms with E-state index in [1.165, 1.54) is 38.0 Å². The average molecular weight is 602 g/mol. The third-order valence-electron chi connectivity index (χ3n) is 6.79. The van der Waals surface area contributed by atoms with Gasteiger partial charge >= 0.3 is 11.7 Å². The van der Waals surface area contributed by atoms with Gasteiger partial charge in [-0.2, -0.15) is 0 Å². The minimum atomic E-state index is -0.933. The number of ether oxygens (including phenoxy) is 4. The molecule has 0 saturated heterocycles. The lowest BCUT2D eigenvalue weighted by Crippen LogP contribution is -2.40. The van der Waals surface area contributed by atoms with E-state index in [-0.39, 0.29) is 28.1 Å². The van der Waals surface area contributed by atoms with Crippen LogP contribution >= 0.6 is 11.3 Å². The molecule has 0 unspecified atom stereocenters. The highest BCUT2D eigenvalue weighted by molar-refractivity contribution is 7.07. The number of carbonyl (C=O) groups is 1. The van der Waals surface area contributed by atoms with E-state index < -0.39 is 22.5 Å². The zero-order chi connectivity index (χ0) is 30.7. The molecule has 43 heavy (non-hydrogen) atoms. The average Bonchev–Trinajstić information content (AvgIpc) is 3.34. The maximum Gasteiger partial charge on any atom is 0.338 e. The van der Waals surface area contributed by atoms with Crippen molar-refractivity contribution in [2.24, 2.45) is 4.99 Å². The summed E-state index contributed by atoms with van der Waals surface area (Å²) in [4.78, 5) is 43.9. The first-order valence-corrected chi connectivity index (χ1v) is 14.0. The number of hydrogen-bond donors (Lipinski definition) is 0. The van der Waals surface area contributed by atoms with E-state index in [4.69, 9.17) is 23.9 Å². The molecule has 1 aliphatic rings. The van der Waals surface area contributed by atoms with Gasteiger partial charge in [0.2, 0.25) is 0 Å². The Morgan fingerprint density at radius 2 is 1.70 bits per heavy atom. The molecule has 0 spiro atoms. The van der Waals surface area contributed by atoms with E-state index in [9.17, 15) is 19.7 Å². The fraction of sp³-hybridized carbons (Fsp3) is 0.194. The van der Waals surface area contributed by atoms with Crippen LogP contribution in [0.15, 0.2) is 82.1 Å². The van der Waals surface area contributed by atoms with E-state index in [2.05, 4.69) is 0 Å². The first-order valence-electron chi connectivity index (χ1n) is 13.1. The summed E-state index contributed by atoms with van der Waals surface area (Å²) in [6.07, 6.45) is 1.55. The van der Waals surface area contributed by atoms with Crippen molar-refractivity contribution in [2.75, 3.05) is 27.9 Å². The van der Waals surface area contributed by atoms with Crippen molar-refractivity contribution in [2.45, 2.75) is 13.0 Å². The fourth-order valence-electron chi connectivity index (χ4n) is 4.87. The molecule has 220 valence electrons. The predicted octanol–water partition coefficient (Wildman–Crippen LogP) is 3.87. The lowest BCUT2D eigenvalue weighted by Gasteiger charge is -2.26. The Kier molecular flexibility index (Phi) is 8.39. The topological polar surface area (TPSA) is 131 Å². The number of hydrogen-bond acceptors (Lipinski definition) is 10. The minimum Gasteiger partial charge on any atom is -0.493 e. The number of nitro groups is 1. The van der Waals surface area contributed by atoms with Crippen molar-refractivity contribution in [3.8, 4) is 17.2 Å². The summed E-state index contributed by atoms with van der Waals surface area (Å²) in [5, 5.41) is 11.6. The smallest absolute Gasteiger partial charge is 0.338 e. The molecule has 0 amide bonds. The molecule has 0 aliphatic carbocycles.